The van der Waals surface area contributed by atoms with Gasteiger partial charge in [0.05, 0.1) is 19.3 Å². The van der Waals surface area contributed by atoms with Crippen LogP contribution in [0, 0.1) is 0 Å². The van der Waals surface area contributed by atoms with Crippen molar-refractivity contribution in [1.29, 1.82) is 0 Å². The van der Waals surface area contributed by atoms with Crippen molar-refractivity contribution in [3.8, 4) is 0 Å². The fourth-order valence-electron chi connectivity index (χ4n) is 2.02. The van der Waals surface area contributed by atoms with Crippen molar-refractivity contribution >= 4 is 11.9 Å². The first-order valence-electron chi connectivity index (χ1n) is 5.59. The maximum absolute atomic E-state index is 11.6. The number of methoxy groups -OCH3 is 1. The fraction of sp³-hybridized carbons (Fsp3) is 0.545. The number of amides is 1. The lowest BCUT2D eigenvalue weighted by atomic mass is 10.0. The van der Waals surface area contributed by atoms with Gasteiger partial charge in [-0.2, -0.15) is 5.10 Å². The standard InChI is InChI=1S/C11H15N3O3/c1-3-9(15)14-5-4-7-8(6-14)12-13-10(7)11(16)17-2/h3-6H2,1-2H3,(H,12,13). The van der Waals surface area contributed by atoms with Crippen molar-refractivity contribution in [3.05, 3.63) is 17.0 Å². The number of aromatic amines is 1. The lowest BCUT2D eigenvalue weighted by Crippen LogP contribution is -2.35. The molecule has 2 rings (SSSR count). The smallest absolute Gasteiger partial charge is 0.358 e. The van der Waals surface area contributed by atoms with Gasteiger partial charge < -0.3 is 9.64 Å². The number of H-pyrrole nitrogens is 1. The summed E-state index contributed by atoms with van der Waals surface area (Å²) in [5, 5.41) is 6.76. The van der Waals surface area contributed by atoms with Gasteiger partial charge in [0.2, 0.25) is 5.91 Å². The average Bonchev–Trinajstić information content (AvgIpc) is 2.79. The van der Waals surface area contributed by atoms with Gasteiger partial charge >= 0.3 is 5.97 Å². The maximum Gasteiger partial charge on any atom is 0.358 e. The molecule has 1 N–H and O–H groups in total. The molecule has 0 spiro atoms. The summed E-state index contributed by atoms with van der Waals surface area (Å²) in [6.45, 7) is 2.96. The molecule has 0 bridgehead atoms. The van der Waals surface area contributed by atoms with Crippen molar-refractivity contribution in [2.45, 2.75) is 26.3 Å². The minimum Gasteiger partial charge on any atom is -0.464 e. The Hall–Kier alpha value is -1.85. The zero-order valence-electron chi connectivity index (χ0n) is 9.95. The van der Waals surface area contributed by atoms with E-state index >= 15 is 0 Å². The largest absolute Gasteiger partial charge is 0.464 e. The highest BCUT2D eigenvalue weighted by Crippen LogP contribution is 2.21. The highest BCUT2D eigenvalue weighted by atomic mass is 16.5. The Bertz CT molecular complexity index is 453. The van der Waals surface area contributed by atoms with E-state index in [4.69, 9.17) is 0 Å². The highest BCUT2D eigenvalue weighted by molar-refractivity contribution is 5.89. The van der Waals surface area contributed by atoms with Crippen LogP contribution in [0.3, 0.4) is 0 Å². The van der Waals surface area contributed by atoms with Crippen LogP contribution in [0.2, 0.25) is 0 Å². The molecule has 6 heteroatoms. The highest BCUT2D eigenvalue weighted by Gasteiger charge is 2.26. The molecule has 0 unspecified atom stereocenters. The Morgan fingerprint density at radius 2 is 2.29 bits per heavy atom. The van der Waals surface area contributed by atoms with E-state index < -0.39 is 5.97 Å². The van der Waals surface area contributed by atoms with E-state index in [1.165, 1.54) is 7.11 Å². The van der Waals surface area contributed by atoms with Crippen LogP contribution in [0.5, 0.6) is 0 Å². The summed E-state index contributed by atoms with van der Waals surface area (Å²) >= 11 is 0. The molecule has 6 nitrogen and oxygen atoms in total. The van der Waals surface area contributed by atoms with E-state index in [1.807, 2.05) is 6.92 Å². The Morgan fingerprint density at radius 3 is 2.94 bits per heavy atom. The predicted octanol–water partition coefficient (Wildman–Crippen LogP) is 0.491. The lowest BCUT2D eigenvalue weighted by molar-refractivity contribution is -0.131. The summed E-state index contributed by atoms with van der Waals surface area (Å²) in [7, 11) is 1.33. The molecule has 1 amide bonds. The molecule has 17 heavy (non-hydrogen) atoms. The third kappa shape index (κ3) is 2.02. The molecule has 92 valence electrons. The summed E-state index contributed by atoms with van der Waals surface area (Å²) in [4.78, 5) is 24.8. The van der Waals surface area contributed by atoms with Crippen molar-refractivity contribution in [2.24, 2.45) is 0 Å². The molecule has 0 radical (unpaired) electrons. The summed E-state index contributed by atoms with van der Waals surface area (Å²) in [6, 6.07) is 0. The second kappa shape index (κ2) is 4.57. The molecule has 0 saturated heterocycles. The SMILES string of the molecule is CCC(=O)N1CCc2c(C(=O)OC)n[nH]c2C1. The molecular weight excluding hydrogens is 222 g/mol. The quantitative estimate of drug-likeness (QED) is 0.759. The molecule has 1 aromatic rings. The minimum absolute atomic E-state index is 0.116. The van der Waals surface area contributed by atoms with Gasteiger partial charge in [-0.25, -0.2) is 4.79 Å². The van der Waals surface area contributed by atoms with E-state index in [0.717, 1.165) is 11.3 Å². The van der Waals surface area contributed by atoms with Gasteiger partial charge in [-0.05, 0) is 6.42 Å². The first-order chi connectivity index (χ1) is 8.17. The Kier molecular flexibility index (Phi) is 3.12. The van der Waals surface area contributed by atoms with Crippen molar-refractivity contribution in [1.82, 2.24) is 15.1 Å². The van der Waals surface area contributed by atoms with Crippen molar-refractivity contribution in [2.75, 3.05) is 13.7 Å². The average molecular weight is 237 g/mol. The van der Waals surface area contributed by atoms with Crippen LogP contribution in [-0.2, 0) is 22.5 Å². The molecule has 1 aliphatic heterocycles. The number of hydrogen-bond acceptors (Lipinski definition) is 4. The molecule has 0 fully saturated rings. The molecule has 0 atom stereocenters. The number of hydrogen-bond donors (Lipinski definition) is 1. The van der Waals surface area contributed by atoms with E-state index in [9.17, 15) is 9.59 Å². The maximum atomic E-state index is 11.6. The number of fused-ring (bicyclic) bond motifs is 1. The molecular formula is C11H15N3O3. The van der Waals surface area contributed by atoms with Crippen LogP contribution < -0.4 is 0 Å². The van der Waals surface area contributed by atoms with Crippen LogP contribution in [0.25, 0.3) is 0 Å². The normalized spacial score (nSPS) is 14.4. The van der Waals surface area contributed by atoms with Gasteiger partial charge in [-0.15, -0.1) is 0 Å². The molecule has 2 heterocycles. The molecule has 1 aliphatic rings. The Labute approximate surface area is 98.9 Å². The number of aromatic nitrogens is 2. The first kappa shape index (κ1) is 11.6. The molecule has 0 aromatic carbocycles. The van der Waals surface area contributed by atoms with Gasteiger partial charge in [0.1, 0.15) is 0 Å². The van der Waals surface area contributed by atoms with Crippen LogP contribution >= 0.6 is 0 Å². The number of carbonyl (C=O) groups is 2. The molecule has 0 saturated carbocycles. The zero-order valence-corrected chi connectivity index (χ0v) is 9.95. The van der Waals surface area contributed by atoms with Gasteiger partial charge in [0, 0.05) is 18.5 Å². The van der Waals surface area contributed by atoms with Gasteiger partial charge in [-0.3, -0.25) is 9.89 Å². The van der Waals surface area contributed by atoms with Crippen molar-refractivity contribution in [3.63, 3.8) is 0 Å². The van der Waals surface area contributed by atoms with Gasteiger partial charge in [0.25, 0.3) is 0 Å². The Morgan fingerprint density at radius 1 is 1.53 bits per heavy atom. The second-order valence-corrected chi connectivity index (χ2v) is 3.94. The minimum atomic E-state index is -0.433. The number of nitrogens with zero attached hydrogens (tertiary/aromatic N) is 2. The van der Waals surface area contributed by atoms with E-state index in [1.54, 1.807) is 4.90 Å². The predicted molar refractivity (Wildman–Crippen MR) is 59.3 cm³/mol. The first-order valence-corrected chi connectivity index (χ1v) is 5.59. The number of ether oxygens (including phenoxy) is 1. The van der Waals surface area contributed by atoms with E-state index in [0.29, 0.717) is 31.6 Å². The number of esters is 1. The van der Waals surface area contributed by atoms with Gasteiger partial charge in [-0.1, -0.05) is 6.92 Å². The zero-order chi connectivity index (χ0) is 12.4. The number of nitrogens with one attached hydrogen (secondary N) is 1. The van der Waals surface area contributed by atoms with E-state index in [2.05, 4.69) is 14.9 Å². The third-order valence-corrected chi connectivity index (χ3v) is 2.97. The van der Waals surface area contributed by atoms with Crippen LogP contribution in [0.15, 0.2) is 0 Å². The van der Waals surface area contributed by atoms with Crippen molar-refractivity contribution < 1.29 is 14.3 Å². The molecule has 0 aliphatic carbocycles. The summed E-state index contributed by atoms with van der Waals surface area (Å²) < 4.78 is 4.65. The summed E-state index contributed by atoms with van der Waals surface area (Å²) in [5.41, 5.74) is 2.04. The number of rotatable bonds is 2. The Balaban J connectivity index is 2.21. The monoisotopic (exact) mass is 237 g/mol. The van der Waals surface area contributed by atoms with Crippen LogP contribution in [0.1, 0.15) is 35.1 Å². The molecule has 1 aromatic heterocycles. The lowest BCUT2D eigenvalue weighted by Gasteiger charge is -2.26. The third-order valence-electron chi connectivity index (χ3n) is 2.97. The van der Waals surface area contributed by atoms with Crippen LogP contribution in [0.4, 0.5) is 0 Å². The fourth-order valence-corrected chi connectivity index (χ4v) is 2.02. The number of carbonyl (C=O) groups excluding carboxylic acids is 2. The van der Waals surface area contributed by atoms with Gasteiger partial charge in [0.15, 0.2) is 5.69 Å². The summed E-state index contributed by atoms with van der Waals surface area (Å²) in [5.74, 6) is -0.317. The van der Waals surface area contributed by atoms with Crippen LogP contribution in [-0.4, -0.2) is 40.6 Å². The topological polar surface area (TPSA) is 75.3 Å². The summed E-state index contributed by atoms with van der Waals surface area (Å²) in [6.07, 6.45) is 1.13. The van der Waals surface area contributed by atoms with E-state index in [-0.39, 0.29) is 5.91 Å². The second-order valence-electron chi connectivity index (χ2n) is 3.94.